The first kappa shape index (κ1) is 17.4. The Morgan fingerprint density at radius 3 is 2.50 bits per heavy atom. The molecule has 1 aromatic rings. The van der Waals surface area contributed by atoms with Crippen LogP contribution in [0.3, 0.4) is 0 Å². The number of aliphatic carboxylic acids is 1. The molecule has 0 radical (unpaired) electrons. The zero-order chi connectivity index (χ0) is 16.9. The van der Waals surface area contributed by atoms with Crippen molar-refractivity contribution in [2.45, 2.75) is 26.3 Å². The molecular weight excluding hydrogens is 292 g/mol. The molecule has 0 aromatic heterocycles. The topological polar surface area (TPSA) is 119 Å². The van der Waals surface area contributed by atoms with Crippen molar-refractivity contribution in [2.75, 3.05) is 7.11 Å². The lowest BCUT2D eigenvalue weighted by Gasteiger charge is -2.16. The summed E-state index contributed by atoms with van der Waals surface area (Å²) in [6.45, 7) is 3.67. The molecule has 1 rings (SSSR count). The summed E-state index contributed by atoms with van der Waals surface area (Å²) in [5.41, 5.74) is -0.353. The number of rotatable bonds is 7. The van der Waals surface area contributed by atoms with Crippen molar-refractivity contribution in [3.8, 4) is 5.75 Å². The van der Waals surface area contributed by atoms with Crippen LogP contribution in [0.4, 0.5) is 5.69 Å². The Morgan fingerprint density at radius 1 is 1.41 bits per heavy atom. The SMILES string of the molecule is COc1ccc(C(=O)N[C@H](CC(C)C)C(=O)O)cc1[N+](=O)[O-]. The van der Waals surface area contributed by atoms with Crippen LogP contribution >= 0.6 is 0 Å². The van der Waals surface area contributed by atoms with E-state index in [0.717, 1.165) is 6.07 Å². The van der Waals surface area contributed by atoms with Gasteiger partial charge in [-0.3, -0.25) is 14.9 Å². The average molecular weight is 310 g/mol. The molecular formula is C14H18N2O6. The first-order valence-electron chi connectivity index (χ1n) is 6.62. The molecule has 0 saturated heterocycles. The van der Waals surface area contributed by atoms with Crippen LogP contribution in [0.15, 0.2) is 18.2 Å². The Hall–Kier alpha value is -2.64. The highest BCUT2D eigenvalue weighted by molar-refractivity contribution is 5.97. The van der Waals surface area contributed by atoms with Crippen LogP contribution in [0.5, 0.6) is 5.75 Å². The minimum Gasteiger partial charge on any atom is -0.490 e. The van der Waals surface area contributed by atoms with Gasteiger partial charge < -0.3 is 15.2 Å². The Bertz CT molecular complexity index is 585. The van der Waals surface area contributed by atoms with Gasteiger partial charge in [0.1, 0.15) is 6.04 Å². The van der Waals surface area contributed by atoms with Gasteiger partial charge in [0.15, 0.2) is 5.75 Å². The highest BCUT2D eigenvalue weighted by atomic mass is 16.6. The van der Waals surface area contributed by atoms with Gasteiger partial charge in [-0.05, 0) is 24.5 Å². The van der Waals surface area contributed by atoms with Crippen LogP contribution in [0.2, 0.25) is 0 Å². The number of hydrogen-bond donors (Lipinski definition) is 2. The lowest BCUT2D eigenvalue weighted by atomic mass is 10.0. The van der Waals surface area contributed by atoms with Gasteiger partial charge in [0, 0.05) is 11.6 Å². The molecule has 0 bridgehead atoms. The van der Waals surface area contributed by atoms with E-state index in [4.69, 9.17) is 9.84 Å². The molecule has 1 atom stereocenters. The van der Waals surface area contributed by atoms with Crippen LogP contribution in [0, 0.1) is 16.0 Å². The number of benzene rings is 1. The van der Waals surface area contributed by atoms with Crippen LogP contribution < -0.4 is 10.1 Å². The normalized spacial score (nSPS) is 11.8. The van der Waals surface area contributed by atoms with Gasteiger partial charge in [0.2, 0.25) is 0 Å². The molecule has 8 nitrogen and oxygen atoms in total. The third-order valence-electron chi connectivity index (χ3n) is 2.95. The number of carbonyl (C=O) groups excluding carboxylic acids is 1. The third-order valence-corrected chi connectivity index (χ3v) is 2.95. The summed E-state index contributed by atoms with van der Waals surface area (Å²) in [7, 11) is 1.28. The van der Waals surface area contributed by atoms with Crippen molar-refractivity contribution < 1.29 is 24.4 Å². The smallest absolute Gasteiger partial charge is 0.326 e. The van der Waals surface area contributed by atoms with E-state index in [2.05, 4.69) is 5.32 Å². The molecule has 0 fully saturated rings. The van der Waals surface area contributed by atoms with E-state index < -0.39 is 22.8 Å². The molecule has 1 amide bonds. The van der Waals surface area contributed by atoms with Crippen molar-refractivity contribution in [3.63, 3.8) is 0 Å². The maximum Gasteiger partial charge on any atom is 0.326 e. The summed E-state index contributed by atoms with van der Waals surface area (Å²) in [4.78, 5) is 33.5. The number of nitro benzene ring substituents is 1. The van der Waals surface area contributed by atoms with Gasteiger partial charge in [-0.15, -0.1) is 0 Å². The number of carboxylic acids is 1. The first-order chi connectivity index (χ1) is 10.3. The fourth-order valence-corrected chi connectivity index (χ4v) is 1.91. The molecule has 0 unspecified atom stereocenters. The maximum absolute atomic E-state index is 12.1. The molecule has 0 spiro atoms. The maximum atomic E-state index is 12.1. The van der Waals surface area contributed by atoms with Crippen molar-refractivity contribution in [1.82, 2.24) is 5.32 Å². The third kappa shape index (κ3) is 4.44. The van der Waals surface area contributed by atoms with Gasteiger partial charge in [-0.1, -0.05) is 13.8 Å². The second-order valence-corrected chi connectivity index (χ2v) is 5.14. The van der Waals surface area contributed by atoms with Gasteiger partial charge in [0.25, 0.3) is 5.91 Å². The molecule has 0 aliphatic carbocycles. The number of methoxy groups -OCH3 is 1. The molecule has 0 aliphatic rings. The number of amides is 1. The van der Waals surface area contributed by atoms with Crippen LogP contribution in [-0.2, 0) is 4.79 Å². The highest BCUT2D eigenvalue weighted by Crippen LogP contribution is 2.27. The fourth-order valence-electron chi connectivity index (χ4n) is 1.91. The van der Waals surface area contributed by atoms with Crippen molar-refractivity contribution >= 4 is 17.6 Å². The second-order valence-electron chi connectivity index (χ2n) is 5.14. The molecule has 0 heterocycles. The van der Waals surface area contributed by atoms with Crippen LogP contribution in [0.25, 0.3) is 0 Å². The van der Waals surface area contributed by atoms with Gasteiger partial charge in [-0.25, -0.2) is 4.79 Å². The molecule has 0 aliphatic heterocycles. The average Bonchev–Trinajstić information content (AvgIpc) is 2.44. The molecule has 0 saturated carbocycles. The molecule has 1 aromatic carbocycles. The van der Waals surface area contributed by atoms with E-state index in [-0.39, 0.29) is 29.3 Å². The fraction of sp³-hybridized carbons (Fsp3) is 0.429. The Kier molecular flexibility index (Phi) is 5.85. The quantitative estimate of drug-likeness (QED) is 0.586. The predicted octanol–water partition coefficient (Wildman–Crippen LogP) is 1.83. The molecule has 8 heteroatoms. The summed E-state index contributed by atoms with van der Waals surface area (Å²) in [5, 5.41) is 22.4. The molecule has 2 N–H and O–H groups in total. The summed E-state index contributed by atoms with van der Waals surface area (Å²) in [6.07, 6.45) is 0.263. The molecule has 22 heavy (non-hydrogen) atoms. The van der Waals surface area contributed by atoms with Crippen molar-refractivity contribution in [1.29, 1.82) is 0 Å². The summed E-state index contributed by atoms with van der Waals surface area (Å²) in [6, 6.07) is 2.65. The number of carboxylic acid groups (broad SMARTS) is 1. The van der Waals surface area contributed by atoms with Crippen molar-refractivity contribution in [2.24, 2.45) is 5.92 Å². The highest BCUT2D eigenvalue weighted by Gasteiger charge is 2.24. The second kappa shape index (κ2) is 7.39. The standard InChI is InChI=1S/C14H18N2O6/c1-8(2)6-10(14(18)19)15-13(17)9-4-5-12(22-3)11(7-9)16(20)21/h4-5,7-8,10H,6H2,1-3H3,(H,15,17)(H,18,19)/t10-/m1/s1. The van der Waals surface area contributed by atoms with Crippen LogP contribution in [0.1, 0.15) is 30.6 Å². The van der Waals surface area contributed by atoms with Crippen LogP contribution in [-0.4, -0.2) is 35.1 Å². The number of hydrogen-bond acceptors (Lipinski definition) is 5. The minimum absolute atomic E-state index is 0.00232. The van der Waals surface area contributed by atoms with Gasteiger partial charge in [0.05, 0.1) is 12.0 Å². The summed E-state index contributed by atoms with van der Waals surface area (Å²) >= 11 is 0. The Morgan fingerprint density at radius 2 is 2.05 bits per heavy atom. The Labute approximate surface area is 127 Å². The van der Waals surface area contributed by atoms with Gasteiger partial charge >= 0.3 is 11.7 Å². The van der Waals surface area contributed by atoms with E-state index in [1.165, 1.54) is 19.2 Å². The number of ether oxygens (including phenoxy) is 1. The lowest BCUT2D eigenvalue weighted by molar-refractivity contribution is -0.385. The summed E-state index contributed by atoms with van der Waals surface area (Å²) < 4.78 is 4.85. The van der Waals surface area contributed by atoms with Crippen molar-refractivity contribution in [3.05, 3.63) is 33.9 Å². The monoisotopic (exact) mass is 310 g/mol. The lowest BCUT2D eigenvalue weighted by Crippen LogP contribution is -2.41. The number of nitrogens with one attached hydrogen (secondary N) is 1. The van der Waals surface area contributed by atoms with E-state index in [0.29, 0.717) is 0 Å². The number of nitrogens with zero attached hydrogens (tertiary/aromatic N) is 1. The Balaban J connectivity index is 3.00. The van der Waals surface area contributed by atoms with E-state index >= 15 is 0 Å². The van der Waals surface area contributed by atoms with Gasteiger partial charge in [-0.2, -0.15) is 0 Å². The zero-order valence-electron chi connectivity index (χ0n) is 12.5. The minimum atomic E-state index is -1.15. The largest absolute Gasteiger partial charge is 0.490 e. The summed E-state index contributed by atoms with van der Waals surface area (Å²) in [5.74, 6) is -1.73. The van der Waals surface area contributed by atoms with E-state index in [1.54, 1.807) is 0 Å². The number of carbonyl (C=O) groups is 2. The molecule has 120 valence electrons. The predicted molar refractivity (Wildman–Crippen MR) is 78.0 cm³/mol. The van der Waals surface area contributed by atoms with E-state index in [9.17, 15) is 19.7 Å². The number of nitro groups is 1. The zero-order valence-corrected chi connectivity index (χ0v) is 12.5. The first-order valence-corrected chi connectivity index (χ1v) is 6.62. The van der Waals surface area contributed by atoms with E-state index in [1.807, 2.05) is 13.8 Å².